The fraction of sp³-hybridized carbons (Fsp3) is 0.533. The second-order valence-electron chi connectivity index (χ2n) is 4.68. The van der Waals surface area contributed by atoms with E-state index in [0.29, 0.717) is 6.54 Å². The van der Waals surface area contributed by atoms with Gasteiger partial charge in [-0.05, 0) is 25.6 Å². The van der Waals surface area contributed by atoms with Crippen molar-refractivity contribution >= 4 is 5.91 Å². The first-order chi connectivity index (χ1) is 9.10. The van der Waals surface area contributed by atoms with Crippen LogP contribution >= 0.6 is 0 Å². The lowest BCUT2D eigenvalue weighted by atomic mass is 10.0. The Labute approximate surface area is 116 Å². The van der Waals surface area contributed by atoms with E-state index in [2.05, 4.69) is 36.2 Å². The Bertz CT molecular complexity index is 374. The van der Waals surface area contributed by atoms with E-state index in [0.717, 1.165) is 13.1 Å². The van der Waals surface area contributed by atoms with Crippen molar-refractivity contribution in [3.05, 3.63) is 35.9 Å². The third-order valence-electron chi connectivity index (χ3n) is 3.32. The van der Waals surface area contributed by atoms with Gasteiger partial charge in [0.15, 0.2) is 0 Å². The Morgan fingerprint density at radius 2 is 1.84 bits per heavy atom. The van der Waals surface area contributed by atoms with Gasteiger partial charge >= 0.3 is 0 Å². The molecule has 0 aliphatic carbocycles. The van der Waals surface area contributed by atoms with Crippen molar-refractivity contribution < 1.29 is 4.79 Å². The first kappa shape index (κ1) is 15.7. The summed E-state index contributed by atoms with van der Waals surface area (Å²) in [6, 6.07) is 9.98. The lowest BCUT2D eigenvalue weighted by Crippen LogP contribution is -2.43. The molecule has 19 heavy (non-hydrogen) atoms. The molecule has 0 bridgehead atoms. The first-order valence-corrected chi connectivity index (χ1v) is 6.92. The zero-order valence-electron chi connectivity index (χ0n) is 12.1. The van der Waals surface area contributed by atoms with Gasteiger partial charge in [0, 0.05) is 6.54 Å². The standard InChI is InChI=1S/C15H25N3O/c1-4-18(5-2)14(11-17-15(19)12(3)16)13-9-7-6-8-10-13/h6-10,12,14H,4-5,11,16H2,1-3H3,(H,17,19)/t12-,14?/m1/s1. The van der Waals surface area contributed by atoms with Crippen molar-refractivity contribution in [2.45, 2.75) is 32.9 Å². The molecule has 1 rings (SSSR count). The summed E-state index contributed by atoms with van der Waals surface area (Å²) in [6.45, 7) is 8.45. The molecular weight excluding hydrogens is 238 g/mol. The van der Waals surface area contributed by atoms with Crippen LogP contribution < -0.4 is 11.1 Å². The molecule has 0 aliphatic rings. The summed E-state index contributed by atoms with van der Waals surface area (Å²) in [7, 11) is 0. The largest absolute Gasteiger partial charge is 0.353 e. The van der Waals surface area contributed by atoms with E-state index in [1.807, 2.05) is 18.2 Å². The molecule has 0 aromatic heterocycles. The highest BCUT2D eigenvalue weighted by Crippen LogP contribution is 2.19. The molecule has 0 aliphatic heterocycles. The van der Waals surface area contributed by atoms with E-state index < -0.39 is 6.04 Å². The minimum absolute atomic E-state index is 0.104. The average Bonchev–Trinajstić information content (AvgIpc) is 2.43. The maximum Gasteiger partial charge on any atom is 0.236 e. The first-order valence-electron chi connectivity index (χ1n) is 6.92. The topological polar surface area (TPSA) is 58.4 Å². The number of nitrogens with one attached hydrogen (secondary N) is 1. The number of amides is 1. The van der Waals surface area contributed by atoms with Crippen molar-refractivity contribution in [2.24, 2.45) is 5.73 Å². The molecule has 0 radical (unpaired) electrons. The maximum atomic E-state index is 11.6. The second-order valence-corrected chi connectivity index (χ2v) is 4.68. The summed E-state index contributed by atoms with van der Waals surface area (Å²) in [5.74, 6) is -0.104. The molecule has 1 amide bonds. The molecule has 0 spiro atoms. The number of hydrogen-bond donors (Lipinski definition) is 2. The summed E-state index contributed by atoms with van der Waals surface area (Å²) in [6.07, 6.45) is 0. The SMILES string of the molecule is CCN(CC)C(CNC(=O)[C@@H](C)N)c1ccccc1. The van der Waals surface area contributed by atoms with E-state index in [1.165, 1.54) is 5.56 Å². The average molecular weight is 263 g/mol. The van der Waals surface area contributed by atoms with E-state index in [1.54, 1.807) is 6.92 Å². The summed E-state index contributed by atoms with van der Waals surface area (Å²) in [5, 5.41) is 2.92. The predicted octanol–water partition coefficient (Wildman–Crippen LogP) is 1.53. The van der Waals surface area contributed by atoms with E-state index in [9.17, 15) is 4.79 Å². The lowest BCUT2D eigenvalue weighted by molar-refractivity contribution is -0.122. The van der Waals surface area contributed by atoms with Crippen LogP contribution in [0.5, 0.6) is 0 Å². The lowest BCUT2D eigenvalue weighted by Gasteiger charge is -2.30. The van der Waals surface area contributed by atoms with Crippen LogP contribution in [0.1, 0.15) is 32.4 Å². The van der Waals surface area contributed by atoms with Gasteiger partial charge in [0.2, 0.25) is 5.91 Å². The van der Waals surface area contributed by atoms with Crippen LogP contribution in [-0.4, -0.2) is 36.5 Å². The Kier molecular flexibility index (Phi) is 6.53. The summed E-state index contributed by atoms with van der Waals surface area (Å²) < 4.78 is 0. The Hall–Kier alpha value is -1.39. The quantitative estimate of drug-likeness (QED) is 0.784. The molecule has 4 nitrogen and oxygen atoms in total. The van der Waals surface area contributed by atoms with Crippen LogP contribution in [0.2, 0.25) is 0 Å². The third kappa shape index (κ3) is 4.65. The van der Waals surface area contributed by atoms with Gasteiger partial charge in [0.05, 0.1) is 12.1 Å². The van der Waals surface area contributed by atoms with Crippen LogP contribution in [0.25, 0.3) is 0 Å². The van der Waals surface area contributed by atoms with Crippen LogP contribution in [0.3, 0.4) is 0 Å². The zero-order valence-corrected chi connectivity index (χ0v) is 12.1. The molecule has 0 saturated heterocycles. The van der Waals surface area contributed by atoms with Crippen molar-refractivity contribution in [2.75, 3.05) is 19.6 Å². The number of nitrogens with two attached hydrogens (primary N) is 1. The molecule has 2 atom stereocenters. The Morgan fingerprint density at radius 3 is 2.32 bits per heavy atom. The van der Waals surface area contributed by atoms with Crippen LogP contribution in [0, 0.1) is 0 Å². The highest BCUT2D eigenvalue weighted by molar-refractivity contribution is 5.80. The molecule has 1 aromatic carbocycles. The van der Waals surface area contributed by atoms with Crippen molar-refractivity contribution in [3.8, 4) is 0 Å². The minimum atomic E-state index is -0.465. The molecule has 106 valence electrons. The molecule has 0 fully saturated rings. The predicted molar refractivity (Wildman–Crippen MR) is 78.8 cm³/mol. The smallest absolute Gasteiger partial charge is 0.236 e. The fourth-order valence-electron chi connectivity index (χ4n) is 2.16. The van der Waals surface area contributed by atoms with Gasteiger partial charge in [0.25, 0.3) is 0 Å². The van der Waals surface area contributed by atoms with Crippen molar-refractivity contribution in [1.29, 1.82) is 0 Å². The van der Waals surface area contributed by atoms with Crippen LogP contribution in [0.4, 0.5) is 0 Å². The van der Waals surface area contributed by atoms with Gasteiger partial charge in [-0.15, -0.1) is 0 Å². The van der Waals surface area contributed by atoms with Gasteiger partial charge in [-0.3, -0.25) is 9.69 Å². The molecule has 4 heteroatoms. The van der Waals surface area contributed by atoms with Gasteiger partial charge < -0.3 is 11.1 Å². The molecular formula is C15H25N3O. The number of rotatable bonds is 7. The number of benzene rings is 1. The number of hydrogen-bond acceptors (Lipinski definition) is 3. The number of carbonyl (C=O) groups is 1. The molecule has 3 N–H and O–H groups in total. The summed E-state index contributed by atoms with van der Waals surface area (Å²) >= 11 is 0. The van der Waals surface area contributed by atoms with Crippen molar-refractivity contribution in [1.82, 2.24) is 10.2 Å². The van der Waals surface area contributed by atoms with Crippen LogP contribution in [-0.2, 0) is 4.79 Å². The number of carbonyl (C=O) groups excluding carboxylic acids is 1. The fourth-order valence-corrected chi connectivity index (χ4v) is 2.16. The summed E-state index contributed by atoms with van der Waals surface area (Å²) in [4.78, 5) is 14.0. The molecule has 0 saturated carbocycles. The van der Waals surface area contributed by atoms with Crippen molar-refractivity contribution in [3.63, 3.8) is 0 Å². The normalized spacial score (nSPS) is 14.2. The number of nitrogens with zero attached hydrogens (tertiary/aromatic N) is 1. The van der Waals surface area contributed by atoms with E-state index >= 15 is 0 Å². The summed E-state index contributed by atoms with van der Waals surface area (Å²) in [5.41, 5.74) is 6.79. The zero-order chi connectivity index (χ0) is 14.3. The third-order valence-corrected chi connectivity index (χ3v) is 3.32. The molecule has 0 heterocycles. The van der Waals surface area contributed by atoms with E-state index in [-0.39, 0.29) is 11.9 Å². The van der Waals surface area contributed by atoms with Gasteiger partial charge in [0.1, 0.15) is 0 Å². The second kappa shape index (κ2) is 7.92. The van der Waals surface area contributed by atoms with Gasteiger partial charge in [-0.1, -0.05) is 44.2 Å². The molecule has 1 unspecified atom stereocenters. The maximum absolute atomic E-state index is 11.6. The van der Waals surface area contributed by atoms with Crippen LogP contribution in [0.15, 0.2) is 30.3 Å². The monoisotopic (exact) mass is 263 g/mol. The number of likely N-dealkylation sites (N-methyl/N-ethyl adjacent to an activating group) is 1. The van der Waals surface area contributed by atoms with Gasteiger partial charge in [-0.25, -0.2) is 0 Å². The Balaban J connectivity index is 2.79. The Morgan fingerprint density at radius 1 is 1.26 bits per heavy atom. The highest BCUT2D eigenvalue weighted by Gasteiger charge is 2.19. The van der Waals surface area contributed by atoms with E-state index in [4.69, 9.17) is 5.73 Å². The molecule has 1 aromatic rings. The van der Waals surface area contributed by atoms with Gasteiger partial charge in [-0.2, -0.15) is 0 Å². The highest BCUT2D eigenvalue weighted by atomic mass is 16.2. The minimum Gasteiger partial charge on any atom is -0.353 e.